The van der Waals surface area contributed by atoms with Crippen molar-refractivity contribution in [3.8, 4) is 0 Å². The van der Waals surface area contributed by atoms with Crippen LogP contribution in [0.4, 0.5) is 0 Å². The van der Waals surface area contributed by atoms with E-state index in [-0.39, 0.29) is 5.41 Å². The molecule has 0 unspecified atom stereocenters. The average molecular weight is 205 g/mol. The van der Waals surface area contributed by atoms with E-state index in [0.717, 1.165) is 11.3 Å². The van der Waals surface area contributed by atoms with Gasteiger partial charge in [0.25, 0.3) is 0 Å². The van der Waals surface area contributed by atoms with Crippen LogP contribution in [0.15, 0.2) is 24.5 Å². The van der Waals surface area contributed by atoms with Crippen LogP contribution in [-0.4, -0.2) is 14.6 Å². The van der Waals surface area contributed by atoms with Gasteiger partial charge in [0.15, 0.2) is 5.65 Å². The van der Waals surface area contributed by atoms with E-state index in [4.69, 9.17) is 0 Å². The molecule has 0 N–H and O–H groups in total. The molecule has 15 heavy (non-hydrogen) atoms. The summed E-state index contributed by atoms with van der Waals surface area (Å²) in [6, 6.07) is 4.02. The number of imidazole rings is 1. The van der Waals surface area contributed by atoms with Crippen molar-refractivity contribution in [2.24, 2.45) is 0 Å². The summed E-state index contributed by atoms with van der Waals surface area (Å²) < 4.78 is 1.81. The summed E-state index contributed by atoms with van der Waals surface area (Å²) >= 11 is 0. The van der Waals surface area contributed by atoms with Gasteiger partial charge in [-0.05, 0) is 12.1 Å². The lowest BCUT2D eigenvalue weighted by molar-refractivity contribution is 0.554. The van der Waals surface area contributed by atoms with E-state index in [1.54, 1.807) is 10.7 Å². The highest BCUT2D eigenvalue weighted by atomic mass is 15.2. The number of hydrogen-bond donors (Lipinski definition) is 0. The molecule has 2 aromatic heterocycles. The topological polar surface area (TPSA) is 30.2 Å². The minimum absolute atomic E-state index is 0.0957. The normalized spacial score (nSPS) is 11.0. The molecule has 2 heterocycles. The standard InChI is InChI=1S/C10H13N3.C2H6/c1-10(2,3)8-4-5-9-11-6-7-13(9)12-8;1-2/h4-7H,1-3H3;1-2H3. The summed E-state index contributed by atoms with van der Waals surface area (Å²) in [5.74, 6) is 0. The first-order valence-electron chi connectivity index (χ1n) is 5.38. The Labute approximate surface area is 91.2 Å². The van der Waals surface area contributed by atoms with Crippen LogP contribution < -0.4 is 0 Å². The molecule has 0 aliphatic carbocycles. The second kappa shape index (κ2) is 4.43. The van der Waals surface area contributed by atoms with Crippen molar-refractivity contribution in [2.75, 3.05) is 0 Å². The summed E-state index contributed by atoms with van der Waals surface area (Å²) in [5.41, 5.74) is 2.07. The third kappa shape index (κ3) is 2.55. The minimum Gasteiger partial charge on any atom is -0.236 e. The Balaban J connectivity index is 0.000000531. The lowest BCUT2D eigenvalue weighted by Gasteiger charge is -2.16. The Hall–Kier alpha value is -1.38. The van der Waals surface area contributed by atoms with E-state index in [1.165, 1.54) is 0 Å². The third-order valence-corrected chi connectivity index (χ3v) is 2.02. The van der Waals surface area contributed by atoms with E-state index in [2.05, 4.69) is 30.9 Å². The van der Waals surface area contributed by atoms with Crippen molar-refractivity contribution in [3.63, 3.8) is 0 Å². The third-order valence-electron chi connectivity index (χ3n) is 2.02. The largest absolute Gasteiger partial charge is 0.236 e. The van der Waals surface area contributed by atoms with E-state index >= 15 is 0 Å². The monoisotopic (exact) mass is 205 g/mol. The molecule has 0 spiro atoms. The van der Waals surface area contributed by atoms with Crippen molar-refractivity contribution in [1.29, 1.82) is 0 Å². The van der Waals surface area contributed by atoms with Crippen LogP contribution in [-0.2, 0) is 5.41 Å². The molecule has 2 aromatic rings. The van der Waals surface area contributed by atoms with Crippen molar-refractivity contribution in [2.45, 2.75) is 40.0 Å². The second-order valence-electron chi connectivity index (χ2n) is 4.20. The molecule has 0 bridgehead atoms. The van der Waals surface area contributed by atoms with Gasteiger partial charge in [-0.25, -0.2) is 9.50 Å². The van der Waals surface area contributed by atoms with Gasteiger partial charge in [0, 0.05) is 17.8 Å². The highest BCUT2D eigenvalue weighted by Crippen LogP contribution is 2.19. The van der Waals surface area contributed by atoms with Crippen LogP contribution in [0, 0.1) is 0 Å². The molecule has 0 amide bonds. The SMILES string of the molecule is CC.CC(C)(C)c1ccc2nccn2n1. The van der Waals surface area contributed by atoms with Crippen LogP contribution in [0.5, 0.6) is 0 Å². The Morgan fingerprint density at radius 1 is 1.13 bits per heavy atom. The van der Waals surface area contributed by atoms with Crippen LogP contribution in [0.2, 0.25) is 0 Å². The number of nitrogens with zero attached hydrogens (tertiary/aromatic N) is 3. The molecule has 0 aliphatic heterocycles. The zero-order valence-electron chi connectivity index (χ0n) is 10.2. The molecule has 0 saturated carbocycles. The first-order chi connectivity index (χ1) is 7.07. The van der Waals surface area contributed by atoms with Gasteiger partial charge >= 0.3 is 0 Å². The van der Waals surface area contributed by atoms with Gasteiger partial charge < -0.3 is 0 Å². The number of rotatable bonds is 0. The van der Waals surface area contributed by atoms with E-state index < -0.39 is 0 Å². The predicted molar refractivity (Wildman–Crippen MR) is 63.0 cm³/mol. The maximum Gasteiger partial charge on any atom is 0.153 e. The average Bonchev–Trinajstić information content (AvgIpc) is 2.66. The van der Waals surface area contributed by atoms with Crippen LogP contribution in [0.3, 0.4) is 0 Å². The van der Waals surface area contributed by atoms with Gasteiger partial charge in [-0.1, -0.05) is 34.6 Å². The summed E-state index contributed by atoms with van der Waals surface area (Å²) in [7, 11) is 0. The molecule has 0 atom stereocenters. The van der Waals surface area contributed by atoms with E-state index in [1.807, 2.05) is 32.2 Å². The molecule has 2 rings (SSSR count). The fourth-order valence-corrected chi connectivity index (χ4v) is 1.22. The first-order valence-corrected chi connectivity index (χ1v) is 5.38. The highest BCUT2D eigenvalue weighted by Gasteiger charge is 2.15. The molecule has 0 aromatic carbocycles. The second-order valence-corrected chi connectivity index (χ2v) is 4.20. The van der Waals surface area contributed by atoms with Crippen molar-refractivity contribution < 1.29 is 0 Å². The molecule has 3 nitrogen and oxygen atoms in total. The Morgan fingerprint density at radius 2 is 1.80 bits per heavy atom. The van der Waals surface area contributed by atoms with E-state index in [9.17, 15) is 0 Å². The molecule has 3 heteroatoms. The molecule has 0 radical (unpaired) electrons. The first kappa shape index (κ1) is 11.7. The number of fused-ring (bicyclic) bond motifs is 1. The lowest BCUT2D eigenvalue weighted by Crippen LogP contribution is -2.14. The van der Waals surface area contributed by atoms with Gasteiger partial charge in [-0.3, -0.25) is 0 Å². The number of aromatic nitrogens is 3. The molecule has 82 valence electrons. The molecule has 0 fully saturated rings. The van der Waals surface area contributed by atoms with Crippen molar-refractivity contribution in [1.82, 2.24) is 14.6 Å². The quantitative estimate of drug-likeness (QED) is 0.661. The van der Waals surface area contributed by atoms with Crippen LogP contribution in [0.1, 0.15) is 40.3 Å². The Kier molecular flexibility index (Phi) is 3.45. The maximum atomic E-state index is 4.46. The van der Waals surface area contributed by atoms with Gasteiger partial charge in [0.05, 0.1) is 5.69 Å². The van der Waals surface area contributed by atoms with Gasteiger partial charge in [0.1, 0.15) is 0 Å². The van der Waals surface area contributed by atoms with Gasteiger partial charge in [-0.15, -0.1) is 0 Å². The van der Waals surface area contributed by atoms with Crippen LogP contribution in [0.25, 0.3) is 5.65 Å². The Bertz CT molecular complexity index is 424. The fourth-order valence-electron chi connectivity index (χ4n) is 1.22. The summed E-state index contributed by atoms with van der Waals surface area (Å²) in [6.45, 7) is 10.5. The zero-order chi connectivity index (χ0) is 11.5. The summed E-state index contributed by atoms with van der Waals surface area (Å²) in [5, 5.41) is 4.46. The van der Waals surface area contributed by atoms with Gasteiger partial charge in [0.2, 0.25) is 0 Å². The van der Waals surface area contributed by atoms with E-state index in [0.29, 0.717) is 0 Å². The zero-order valence-corrected chi connectivity index (χ0v) is 10.2. The summed E-state index contributed by atoms with van der Waals surface area (Å²) in [6.07, 6.45) is 3.62. The van der Waals surface area contributed by atoms with Gasteiger partial charge in [-0.2, -0.15) is 5.10 Å². The molecule has 0 saturated heterocycles. The summed E-state index contributed by atoms with van der Waals surface area (Å²) in [4.78, 5) is 4.14. The maximum absolute atomic E-state index is 4.46. The van der Waals surface area contributed by atoms with Crippen molar-refractivity contribution >= 4 is 5.65 Å². The van der Waals surface area contributed by atoms with Crippen molar-refractivity contribution in [3.05, 3.63) is 30.2 Å². The minimum atomic E-state index is 0.0957. The fraction of sp³-hybridized carbons (Fsp3) is 0.500. The molecular formula is C12H19N3. The van der Waals surface area contributed by atoms with Crippen LogP contribution >= 0.6 is 0 Å². The molecule has 0 aliphatic rings. The molecular weight excluding hydrogens is 186 g/mol. The smallest absolute Gasteiger partial charge is 0.153 e. The Morgan fingerprint density at radius 3 is 2.40 bits per heavy atom. The highest BCUT2D eigenvalue weighted by molar-refractivity contribution is 5.37. The number of hydrogen-bond acceptors (Lipinski definition) is 2. The predicted octanol–water partition coefficient (Wildman–Crippen LogP) is 3.05. The lowest BCUT2D eigenvalue weighted by atomic mass is 9.92.